The largest absolute Gasteiger partial charge is 0.472 e. The van der Waals surface area contributed by atoms with Gasteiger partial charge in [0.1, 0.15) is 6.26 Å². The summed E-state index contributed by atoms with van der Waals surface area (Å²) < 4.78 is 4.85. The zero-order valence-electron chi connectivity index (χ0n) is 12.8. The van der Waals surface area contributed by atoms with E-state index in [0.29, 0.717) is 5.56 Å². The number of anilines is 1. The van der Waals surface area contributed by atoms with Crippen molar-refractivity contribution in [2.45, 2.75) is 0 Å². The molecule has 0 spiro atoms. The van der Waals surface area contributed by atoms with Gasteiger partial charge >= 0.3 is 0 Å². The smallest absolute Gasteiger partial charge is 0.270 e. The van der Waals surface area contributed by atoms with Crippen molar-refractivity contribution in [2.24, 2.45) is 0 Å². The standard InChI is InChI=1S/C18H12N2O5/c21-17(12-4-2-1-3-5-12)15-10-14(20(23)24)6-7-16(15)19-18(22)13-8-9-25-11-13/h1-11H,(H,19,22). The van der Waals surface area contributed by atoms with E-state index in [0.717, 1.165) is 6.07 Å². The van der Waals surface area contributed by atoms with E-state index in [1.165, 1.54) is 30.7 Å². The maximum atomic E-state index is 12.7. The molecule has 7 heteroatoms. The summed E-state index contributed by atoms with van der Waals surface area (Å²) in [4.78, 5) is 35.3. The molecule has 0 aliphatic heterocycles. The van der Waals surface area contributed by atoms with Gasteiger partial charge in [0.25, 0.3) is 11.6 Å². The Morgan fingerprint density at radius 1 is 1.00 bits per heavy atom. The van der Waals surface area contributed by atoms with Crippen molar-refractivity contribution < 1.29 is 18.9 Å². The molecule has 0 radical (unpaired) electrons. The Hall–Kier alpha value is -3.74. The topological polar surface area (TPSA) is 102 Å². The zero-order valence-corrected chi connectivity index (χ0v) is 12.8. The third-order valence-corrected chi connectivity index (χ3v) is 3.53. The van der Waals surface area contributed by atoms with E-state index in [-0.39, 0.29) is 22.5 Å². The quantitative estimate of drug-likeness (QED) is 0.435. The Balaban J connectivity index is 2.01. The van der Waals surface area contributed by atoms with Gasteiger partial charge in [-0.1, -0.05) is 30.3 Å². The van der Waals surface area contributed by atoms with E-state index >= 15 is 0 Å². The number of carbonyl (C=O) groups is 2. The van der Waals surface area contributed by atoms with Gasteiger partial charge in [-0.25, -0.2) is 0 Å². The number of amides is 1. The second-order valence-corrected chi connectivity index (χ2v) is 5.15. The van der Waals surface area contributed by atoms with Crippen LogP contribution in [0.3, 0.4) is 0 Å². The summed E-state index contributed by atoms with van der Waals surface area (Å²) in [6.07, 6.45) is 2.61. The van der Waals surface area contributed by atoms with Crippen LogP contribution in [-0.2, 0) is 0 Å². The zero-order chi connectivity index (χ0) is 17.8. The summed E-state index contributed by atoms with van der Waals surface area (Å²) in [7, 11) is 0. The van der Waals surface area contributed by atoms with Crippen LogP contribution in [0.15, 0.2) is 71.5 Å². The van der Waals surface area contributed by atoms with Gasteiger partial charge in [0.05, 0.1) is 28.0 Å². The van der Waals surface area contributed by atoms with Gasteiger partial charge in [-0.2, -0.15) is 0 Å². The number of ketones is 1. The minimum absolute atomic E-state index is 0.0391. The first-order valence-corrected chi connectivity index (χ1v) is 7.28. The molecule has 0 unspecified atom stereocenters. The maximum absolute atomic E-state index is 12.7. The Labute approximate surface area is 142 Å². The highest BCUT2D eigenvalue weighted by atomic mass is 16.6. The molecule has 1 aromatic heterocycles. The lowest BCUT2D eigenvalue weighted by Gasteiger charge is -2.10. The lowest BCUT2D eigenvalue weighted by Crippen LogP contribution is -2.15. The minimum Gasteiger partial charge on any atom is -0.472 e. The predicted octanol–water partition coefficient (Wildman–Crippen LogP) is 3.67. The summed E-state index contributed by atoms with van der Waals surface area (Å²) in [5.74, 6) is -0.906. The number of nitro benzene ring substituents is 1. The van der Waals surface area contributed by atoms with E-state index in [1.54, 1.807) is 30.3 Å². The van der Waals surface area contributed by atoms with E-state index < -0.39 is 16.6 Å². The first kappa shape index (κ1) is 16.1. The molecular formula is C18H12N2O5. The highest BCUT2D eigenvalue weighted by Gasteiger charge is 2.20. The second-order valence-electron chi connectivity index (χ2n) is 5.15. The Bertz CT molecular complexity index is 933. The third-order valence-electron chi connectivity index (χ3n) is 3.53. The molecule has 2 aromatic carbocycles. The fourth-order valence-corrected chi connectivity index (χ4v) is 2.28. The number of carbonyl (C=O) groups excluding carboxylic acids is 2. The van der Waals surface area contributed by atoms with Crippen molar-refractivity contribution in [3.05, 3.63) is 93.9 Å². The molecular weight excluding hydrogens is 324 g/mol. The average Bonchev–Trinajstić information content (AvgIpc) is 3.17. The van der Waals surface area contributed by atoms with E-state index in [2.05, 4.69) is 5.32 Å². The van der Waals surface area contributed by atoms with Crippen molar-refractivity contribution in [3.8, 4) is 0 Å². The summed E-state index contributed by atoms with van der Waals surface area (Å²) >= 11 is 0. The lowest BCUT2D eigenvalue weighted by molar-refractivity contribution is -0.384. The number of hydrogen-bond acceptors (Lipinski definition) is 5. The number of nitro groups is 1. The molecule has 3 aromatic rings. The summed E-state index contributed by atoms with van der Waals surface area (Å²) in [6.45, 7) is 0. The van der Waals surface area contributed by atoms with Gasteiger partial charge in [0, 0.05) is 17.7 Å². The van der Waals surface area contributed by atoms with Gasteiger partial charge in [-0.15, -0.1) is 0 Å². The monoisotopic (exact) mass is 336 g/mol. The first-order chi connectivity index (χ1) is 12.1. The number of rotatable bonds is 5. The number of nitrogens with zero attached hydrogens (tertiary/aromatic N) is 1. The van der Waals surface area contributed by atoms with Crippen molar-refractivity contribution in [3.63, 3.8) is 0 Å². The van der Waals surface area contributed by atoms with Crippen LogP contribution in [0.2, 0.25) is 0 Å². The van der Waals surface area contributed by atoms with Crippen LogP contribution in [-0.4, -0.2) is 16.6 Å². The van der Waals surface area contributed by atoms with Crippen LogP contribution in [0.5, 0.6) is 0 Å². The highest BCUT2D eigenvalue weighted by Crippen LogP contribution is 2.25. The van der Waals surface area contributed by atoms with Crippen LogP contribution < -0.4 is 5.32 Å². The number of furan rings is 1. The van der Waals surface area contributed by atoms with Crippen molar-refractivity contribution >= 4 is 23.1 Å². The van der Waals surface area contributed by atoms with Crippen LogP contribution in [0.25, 0.3) is 0 Å². The normalized spacial score (nSPS) is 10.2. The SMILES string of the molecule is O=C(Nc1ccc([N+](=O)[O-])cc1C(=O)c1ccccc1)c1ccoc1. The molecule has 124 valence electrons. The van der Waals surface area contributed by atoms with Crippen molar-refractivity contribution in [2.75, 3.05) is 5.32 Å². The van der Waals surface area contributed by atoms with Crippen LogP contribution >= 0.6 is 0 Å². The molecule has 0 saturated heterocycles. The van der Waals surface area contributed by atoms with E-state index in [1.807, 2.05) is 0 Å². The molecule has 0 aliphatic rings. The third kappa shape index (κ3) is 3.45. The van der Waals surface area contributed by atoms with E-state index in [4.69, 9.17) is 4.42 Å². The predicted molar refractivity (Wildman–Crippen MR) is 89.6 cm³/mol. The molecule has 0 aliphatic carbocycles. The minimum atomic E-state index is -0.594. The number of hydrogen-bond donors (Lipinski definition) is 1. The lowest BCUT2D eigenvalue weighted by atomic mass is 10.0. The van der Waals surface area contributed by atoms with Gasteiger partial charge in [-0.3, -0.25) is 19.7 Å². The number of nitrogens with one attached hydrogen (secondary N) is 1. The summed E-state index contributed by atoms with van der Waals surface area (Å²) in [6, 6.07) is 13.5. The van der Waals surface area contributed by atoms with Crippen LogP contribution in [0.1, 0.15) is 26.3 Å². The van der Waals surface area contributed by atoms with Gasteiger partial charge in [0.15, 0.2) is 5.78 Å². The molecule has 0 bridgehead atoms. The van der Waals surface area contributed by atoms with Crippen molar-refractivity contribution in [1.29, 1.82) is 0 Å². The van der Waals surface area contributed by atoms with Gasteiger partial charge in [0.2, 0.25) is 0 Å². The van der Waals surface area contributed by atoms with Crippen LogP contribution in [0.4, 0.5) is 11.4 Å². The maximum Gasteiger partial charge on any atom is 0.270 e. The Morgan fingerprint density at radius 2 is 1.76 bits per heavy atom. The number of benzene rings is 2. The molecule has 7 nitrogen and oxygen atoms in total. The molecule has 1 heterocycles. The molecule has 0 atom stereocenters. The molecule has 1 amide bonds. The molecule has 0 fully saturated rings. The van der Waals surface area contributed by atoms with Gasteiger partial charge < -0.3 is 9.73 Å². The average molecular weight is 336 g/mol. The first-order valence-electron chi connectivity index (χ1n) is 7.28. The number of non-ortho nitro benzene ring substituents is 1. The van der Waals surface area contributed by atoms with Gasteiger partial charge in [-0.05, 0) is 12.1 Å². The fourth-order valence-electron chi connectivity index (χ4n) is 2.28. The summed E-state index contributed by atoms with van der Waals surface area (Å²) in [5, 5.41) is 13.6. The molecule has 3 rings (SSSR count). The Kier molecular flexibility index (Phi) is 4.38. The van der Waals surface area contributed by atoms with E-state index in [9.17, 15) is 19.7 Å². The highest BCUT2D eigenvalue weighted by molar-refractivity contribution is 6.15. The molecule has 0 saturated carbocycles. The molecule has 25 heavy (non-hydrogen) atoms. The van der Waals surface area contributed by atoms with Crippen LogP contribution in [0, 0.1) is 10.1 Å². The second kappa shape index (κ2) is 6.79. The summed E-state index contributed by atoms with van der Waals surface area (Å²) in [5.41, 5.74) is 0.627. The Morgan fingerprint density at radius 3 is 2.40 bits per heavy atom. The molecule has 1 N–H and O–H groups in total. The fraction of sp³-hybridized carbons (Fsp3) is 0. The van der Waals surface area contributed by atoms with Crippen molar-refractivity contribution in [1.82, 2.24) is 0 Å².